The molecule has 0 fully saturated rings. The van der Waals surface area contributed by atoms with E-state index in [9.17, 15) is 9.59 Å². The molecule has 34 heavy (non-hydrogen) atoms. The second kappa shape index (κ2) is 12.6. The molecule has 180 valence electrons. The maximum absolute atomic E-state index is 13.4. The number of benzene rings is 3. The van der Waals surface area contributed by atoms with Crippen LogP contribution in [0, 0.1) is 0 Å². The Bertz CT molecular complexity index is 1130. The number of fused-ring (bicyclic) bond motifs is 1. The molecule has 0 bridgehead atoms. The molecule has 3 aromatic carbocycles. The summed E-state index contributed by atoms with van der Waals surface area (Å²) in [7, 11) is 0. The minimum absolute atomic E-state index is 0.174. The molecule has 5 nitrogen and oxygen atoms in total. The summed E-state index contributed by atoms with van der Waals surface area (Å²) >= 11 is 12.4. The molecule has 0 unspecified atom stereocenters. The van der Waals surface area contributed by atoms with Crippen molar-refractivity contribution >= 4 is 45.8 Å². The largest absolute Gasteiger partial charge is 0.483 e. The molecular formula is C27H30Cl2N2O3. The van der Waals surface area contributed by atoms with E-state index in [1.165, 1.54) is 0 Å². The van der Waals surface area contributed by atoms with Gasteiger partial charge in [0.05, 0.1) is 0 Å². The number of ether oxygens (including phenoxy) is 1. The predicted octanol–water partition coefficient (Wildman–Crippen LogP) is 6.25. The third-order valence-electron chi connectivity index (χ3n) is 5.67. The topological polar surface area (TPSA) is 58.6 Å². The summed E-state index contributed by atoms with van der Waals surface area (Å²) in [6.07, 6.45) is 2.31. The standard InChI is InChI=1S/C27H30Cl2N2O3/c1-3-5-15-30-27(33)24(4-2)31(17-20-13-14-21(28)16-23(20)29)26(32)18-34-25-12-8-10-19-9-6-7-11-22(19)25/h6-14,16,24H,3-5,15,17-18H2,1-2H3,(H,30,33)/t24-/m1/s1. The Morgan fingerprint density at radius 3 is 2.53 bits per heavy atom. The molecule has 0 aliphatic heterocycles. The molecule has 3 rings (SSSR count). The predicted molar refractivity (Wildman–Crippen MR) is 138 cm³/mol. The van der Waals surface area contributed by atoms with Crippen LogP contribution in [0.3, 0.4) is 0 Å². The zero-order valence-corrected chi connectivity index (χ0v) is 21.0. The van der Waals surface area contributed by atoms with Crippen molar-refractivity contribution in [1.29, 1.82) is 0 Å². The van der Waals surface area contributed by atoms with Crippen LogP contribution >= 0.6 is 23.2 Å². The number of unbranched alkanes of at least 4 members (excludes halogenated alkanes) is 1. The fourth-order valence-electron chi connectivity index (χ4n) is 3.80. The van der Waals surface area contributed by atoms with Crippen LogP contribution in [-0.2, 0) is 16.1 Å². The molecule has 1 atom stereocenters. The molecule has 0 aliphatic carbocycles. The number of nitrogens with zero attached hydrogens (tertiary/aromatic N) is 1. The van der Waals surface area contributed by atoms with Gasteiger partial charge < -0.3 is 15.0 Å². The van der Waals surface area contributed by atoms with Crippen LogP contribution in [0.1, 0.15) is 38.7 Å². The number of halogens is 2. The first kappa shape index (κ1) is 25.9. The number of amides is 2. The highest BCUT2D eigenvalue weighted by Crippen LogP contribution is 2.26. The first-order valence-electron chi connectivity index (χ1n) is 11.6. The van der Waals surface area contributed by atoms with Gasteiger partial charge in [-0.15, -0.1) is 0 Å². The molecule has 3 aromatic rings. The number of nitrogens with one attached hydrogen (secondary N) is 1. The third-order valence-corrected chi connectivity index (χ3v) is 6.26. The van der Waals surface area contributed by atoms with E-state index in [1.54, 1.807) is 23.1 Å². The second-order valence-corrected chi connectivity index (χ2v) is 8.94. The van der Waals surface area contributed by atoms with Gasteiger partial charge in [-0.25, -0.2) is 0 Å². The number of carbonyl (C=O) groups excluding carboxylic acids is 2. The zero-order valence-electron chi connectivity index (χ0n) is 19.5. The minimum atomic E-state index is -0.646. The Labute approximate surface area is 211 Å². The maximum atomic E-state index is 13.4. The van der Waals surface area contributed by atoms with Gasteiger partial charge in [-0.05, 0) is 42.0 Å². The molecular weight excluding hydrogens is 471 g/mol. The van der Waals surface area contributed by atoms with E-state index in [1.807, 2.05) is 49.4 Å². The summed E-state index contributed by atoms with van der Waals surface area (Å²) < 4.78 is 5.95. The summed E-state index contributed by atoms with van der Waals surface area (Å²) in [4.78, 5) is 27.9. The molecule has 0 saturated heterocycles. The van der Waals surface area contributed by atoms with Crippen LogP contribution < -0.4 is 10.1 Å². The molecule has 0 saturated carbocycles. The van der Waals surface area contributed by atoms with E-state index in [4.69, 9.17) is 27.9 Å². The van der Waals surface area contributed by atoms with E-state index >= 15 is 0 Å². The summed E-state index contributed by atoms with van der Waals surface area (Å²) in [6.45, 7) is 4.50. The van der Waals surface area contributed by atoms with Gasteiger partial charge in [0.15, 0.2) is 6.61 Å². The van der Waals surface area contributed by atoms with Crippen LogP contribution in [0.25, 0.3) is 10.8 Å². The lowest BCUT2D eigenvalue weighted by Gasteiger charge is -2.31. The van der Waals surface area contributed by atoms with E-state index in [0.29, 0.717) is 34.3 Å². The second-order valence-electron chi connectivity index (χ2n) is 8.09. The van der Waals surface area contributed by atoms with Crippen molar-refractivity contribution in [2.75, 3.05) is 13.2 Å². The lowest BCUT2D eigenvalue weighted by Crippen LogP contribution is -2.50. The van der Waals surface area contributed by atoms with Crippen molar-refractivity contribution in [2.24, 2.45) is 0 Å². The van der Waals surface area contributed by atoms with E-state index in [-0.39, 0.29) is 25.0 Å². The van der Waals surface area contributed by atoms with Gasteiger partial charge in [0, 0.05) is 28.5 Å². The van der Waals surface area contributed by atoms with Crippen molar-refractivity contribution in [2.45, 2.75) is 45.7 Å². The van der Waals surface area contributed by atoms with E-state index < -0.39 is 6.04 Å². The van der Waals surface area contributed by atoms with Crippen LogP contribution in [0.2, 0.25) is 10.0 Å². The van der Waals surface area contributed by atoms with Crippen LogP contribution in [0.4, 0.5) is 0 Å². The van der Waals surface area contributed by atoms with Crippen molar-refractivity contribution in [3.8, 4) is 5.75 Å². The van der Waals surface area contributed by atoms with Gasteiger partial charge in [-0.1, -0.05) is 85.9 Å². The summed E-state index contributed by atoms with van der Waals surface area (Å²) in [5.41, 5.74) is 0.712. The highest BCUT2D eigenvalue weighted by Gasteiger charge is 2.29. The summed E-state index contributed by atoms with van der Waals surface area (Å²) in [5, 5.41) is 5.86. The normalized spacial score (nSPS) is 11.8. The van der Waals surface area contributed by atoms with Crippen LogP contribution in [-0.4, -0.2) is 35.9 Å². The maximum Gasteiger partial charge on any atom is 0.261 e. The van der Waals surface area contributed by atoms with Gasteiger partial charge in [0.2, 0.25) is 5.91 Å². The monoisotopic (exact) mass is 500 g/mol. The lowest BCUT2D eigenvalue weighted by molar-refractivity contribution is -0.142. The fourth-order valence-corrected chi connectivity index (χ4v) is 4.27. The first-order valence-corrected chi connectivity index (χ1v) is 12.3. The van der Waals surface area contributed by atoms with Gasteiger partial charge in [0.1, 0.15) is 11.8 Å². The Hall–Kier alpha value is -2.76. The Morgan fingerprint density at radius 2 is 1.79 bits per heavy atom. The Balaban J connectivity index is 1.83. The quantitative estimate of drug-likeness (QED) is 0.316. The minimum Gasteiger partial charge on any atom is -0.483 e. The van der Waals surface area contributed by atoms with Crippen molar-refractivity contribution in [3.05, 3.63) is 76.3 Å². The van der Waals surface area contributed by atoms with Crippen LogP contribution in [0.5, 0.6) is 5.75 Å². The van der Waals surface area contributed by atoms with Gasteiger partial charge in [-0.3, -0.25) is 9.59 Å². The third kappa shape index (κ3) is 6.64. The van der Waals surface area contributed by atoms with Gasteiger partial charge in [0.25, 0.3) is 5.91 Å². The highest BCUT2D eigenvalue weighted by molar-refractivity contribution is 6.35. The zero-order chi connectivity index (χ0) is 24.5. The van der Waals surface area contributed by atoms with Crippen molar-refractivity contribution < 1.29 is 14.3 Å². The molecule has 0 radical (unpaired) electrons. The Kier molecular flexibility index (Phi) is 9.61. The molecule has 0 spiro atoms. The number of rotatable bonds is 11. The number of carbonyl (C=O) groups is 2. The molecule has 7 heteroatoms. The molecule has 0 aliphatic rings. The van der Waals surface area contributed by atoms with Gasteiger partial charge >= 0.3 is 0 Å². The average Bonchev–Trinajstić information content (AvgIpc) is 2.83. The van der Waals surface area contributed by atoms with Gasteiger partial charge in [-0.2, -0.15) is 0 Å². The van der Waals surface area contributed by atoms with Crippen LogP contribution in [0.15, 0.2) is 60.7 Å². The first-order chi connectivity index (χ1) is 16.4. The average molecular weight is 501 g/mol. The summed E-state index contributed by atoms with van der Waals surface area (Å²) in [6, 6.07) is 18.0. The van der Waals surface area contributed by atoms with E-state index in [0.717, 1.165) is 23.6 Å². The highest BCUT2D eigenvalue weighted by atomic mass is 35.5. The molecule has 0 aromatic heterocycles. The molecule has 0 heterocycles. The number of hydrogen-bond donors (Lipinski definition) is 1. The SMILES string of the molecule is CCCCNC(=O)[C@@H](CC)N(Cc1ccc(Cl)cc1Cl)C(=O)COc1cccc2ccccc12. The smallest absolute Gasteiger partial charge is 0.261 e. The van der Waals surface area contributed by atoms with E-state index in [2.05, 4.69) is 12.2 Å². The van der Waals surface area contributed by atoms with Crippen molar-refractivity contribution in [1.82, 2.24) is 10.2 Å². The van der Waals surface area contributed by atoms with Crippen molar-refractivity contribution in [3.63, 3.8) is 0 Å². The number of hydrogen-bond acceptors (Lipinski definition) is 3. The fraction of sp³-hybridized carbons (Fsp3) is 0.333. The molecule has 1 N–H and O–H groups in total. The lowest BCUT2D eigenvalue weighted by atomic mass is 10.1. The summed E-state index contributed by atoms with van der Waals surface area (Å²) in [5.74, 6) is 0.146. The molecule has 2 amide bonds. The Morgan fingerprint density at radius 1 is 1.03 bits per heavy atom.